The van der Waals surface area contributed by atoms with Crippen molar-refractivity contribution in [3.05, 3.63) is 23.8 Å². The van der Waals surface area contributed by atoms with Crippen molar-refractivity contribution >= 4 is 5.69 Å². The van der Waals surface area contributed by atoms with Crippen LogP contribution in [0.3, 0.4) is 0 Å². The van der Waals surface area contributed by atoms with Gasteiger partial charge in [0.2, 0.25) is 0 Å². The Bertz CT molecular complexity index is 482. The maximum atomic E-state index is 10.0. The molecule has 1 saturated carbocycles. The van der Waals surface area contributed by atoms with E-state index in [1.54, 1.807) is 13.0 Å². The normalized spacial score (nSPS) is 23.2. The van der Waals surface area contributed by atoms with Crippen molar-refractivity contribution in [2.24, 2.45) is 5.41 Å². The Hall–Kier alpha value is -1.22. The van der Waals surface area contributed by atoms with Crippen LogP contribution in [0.5, 0.6) is 5.75 Å². The van der Waals surface area contributed by atoms with E-state index in [0.717, 1.165) is 18.8 Å². The molecule has 0 amide bonds. The van der Waals surface area contributed by atoms with Crippen LogP contribution < -0.4 is 4.90 Å². The Kier molecular flexibility index (Phi) is 4.12. The van der Waals surface area contributed by atoms with Crippen LogP contribution in [0.4, 0.5) is 5.69 Å². The quantitative estimate of drug-likeness (QED) is 0.865. The number of phenolic OH excluding ortho intramolecular Hbond substituents is 1. The molecule has 2 fully saturated rings. The van der Waals surface area contributed by atoms with Crippen molar-refractivity contribution in [2.75, 3.05) is 18.0 Å². The Morgan fingerprint density at radius 3 is 2.29 bits per heavy atom. The third-order valence-corrected chi connectivity index (χ3v) is 5.57. The molecule has 1 aromatic rings. The molecular formula is C18H27NO2. The average Bonchev–Trinajstić information content (AvgIpc) is 2.48. The van der Waals surface area contributed by atoms with E-state index in [1.165, 1.54) is 44.9 Å². The van der Waals surface area contributed by atoms with Gasteiger partial charge in [-0.1, -0.05) is 25.3 Å². The number of aliphatic hydroxyl groups is 1. The lowest BCUT2D eigenvalue weighted by atomic mass is 9.68. The first kappa shape index (κ1) is 14.7. The minimum atomic E-state index is -0.620. The first-order valence-electron chi connectivity index (χ1n) is 8.36. The number of phenols is 1. The smallest absolute Gasteiger partial charge is 0.123 e. The number of benzene rings is 1. The number of hydrogen-bond donors (Lipinski definition) is 2. The fraction of sp³-hybridized carbons (Fsp3) is 0.667. The van der Waals surface area contributed by atoms with Gasteiger partial charge in [0.05, 0.1) is 6.10 Å². The molecule has 21 heavy (non-hydrogen) atoms. The molecule has 1 spiro atoms. The molecule has 116 valence electrons. The third-order valence-electron chi connectivity index (χ3n) is 5.57. The van der Waals surface area contributed by atoms with Crippen molar-refractivity contribution in [3.63, 3.8) is 0 Å². The van der Waals surface area contributed by atoms with Gasteiger partial charge in [-0.25, -0.2) is 0 Å². The summed E-state index contributed by atoms with van der Waals surface area (Å²) in [7, 11) is 0. The highest BCUT2D eigenvalue weighted by Crippen LogP contribution is 2.45. The summed E-state index contributed by atoms with van der Waals surface area (Å²) in [6.45, 7) is 3.86. The van der Waals surface area contributed by atoms with E-state index in [0.29, 0.717) is 11.0 Å². The Balaban J connectivity index is 1.68. The van der Waals surface area contributed by atoms with Gasteiger partial charge in [0.25, 0.3) is 0 Å². The van der Waals surface area contributed by atoms with Crippen LogP contribution in [0.25, 0.3) is 0 Å². The van der Waals surface area contributed by atoms with E-state index >= 15 is 0 Å². The second-order valence-electron chi connectivity index (χ2n) is 6.97. The second-order valence-corrected chi connectivity index (χ2v) is 6.97. The van der Waals surface area contributed by atoms with Crippen LogP contribution in [0.2, 0.25) is 0 Å². The van der Waals surface area contributed by atoms with Crippen molar-refractivity contribution in [3.8, 4) is 5.75 Å². The first-order chi connectivity index (χ1) is 10.1. The van der Waals surface area contributed by atoms with Gasteiger partial charge in [-0.3, -0.25) is 0 Å². The number of nitrogens with zero attached hydrogens (tertiary/aromatic N) is 1. The predicted octanol–water partition coefficient (Wildman–Crippen LogP) is 4.00. The minimum absolute atomic E-state index is 0.209. The van der Waals surface area contributed by atoms with Gasteiger partial charge in [-0.05, 0) is 44.1 Å². The maximum absolute atomic E-state index is 10.0. The summed E-state index contributed by atoms with van der Waals surface area (Å²) in [6, 6.07) is 5.68. The van der Waals surface area contributed by atoms with Crippen LogP contribution in [0.15, 0.2) is 18.2 Å². The van der Waals surface area contributed by atoms with Crippen molar-refractivity contribution in [2.45, 2.75) is 58.0 Å². The van der Waals surface area contributed by atoms with Crippen LogP contribution in [-0.2, 0) is 0 Å². The summed E-state index contributed by atoms with van der Waals surface area (Å²) in [5, 5.41) is 19.6. The van der Waals surface area contributed by atoms with Gasteiger partial charge in [0.15, 0.2) is 0 Å². The highest BCUT2D eigenvalue weighted by Gasteiger charge is 2.35. The van der Waals surface area contributed by atoms with E-state index in [1.807, 2.05) is 12.1 Å². The minimum Gasteiger partial charge on any atom is -0.507 e. The summed E-state index contributed by atoms with van der Waals surface area (Å²) in [5.74, 6) is 0.209. The van der Waals surface area contributed by atoms with Crippen molar-refractivity contribution in [1.29, 1.82) is 0 Å². The van der Waals surface area contributed by atoms with E-state index in [-0.39, 0.29) is 5.75 Å². The first-order valence-corrected chi connectivity index (χ1v) is 8.36. The molecule has 3 heteroatoms. The number of rotatable bonds is 2. The molecular weight excluding hydrogens is 262 g/mol. The summed E-state index contributed by atoms with van der Waals surface area (Å²) in [4.78, 5) is 2.38. The molecule has 3 rings (SSSR count). The molecule has 1 unspecified atom stereocenters. The topological polar surface area (TPSA) is 43.7 Å². The van der Waals surface area contributed by atoms with Crippen LogP contribution >= 0.6 is 0 Å². The molecule has 1 saturated heterocycles. The number of anilines is 1. The highest BCUT2D eigenvalue weighted by molar-refractivity contribution is 5.54. The van der Waals surface area contributed by atoms with Gasteiger partial charge >= 0.3 is 0 Å². The molecule has 3 nitrogen and oxygen atoms in total. The lowest BCUT2D eigenvalue weighted by Crippen LogP contribution is -2.41. The molecule has 1 heterocycles. The maximum Gasteiger partial charge on any atom is 0.123 e. The van der Waals surface area contributed by atoms with Crippen molar-refractivity contribution in [1.82, 2.24) is 0 Å². The van der Waals surface area contributed by atoms with Gasteiger partial charge in [0.1, 0.15) is 5.75 Å². The zero-order valence-corrected chi connectivity index (χ0v) is 13.0. The molecule has 0 bridgehead atoms. The van der Waals surface area contributed by atoms with Gasteiger partial charge in [0, 0.05) is 30.4 Å². The molecule has 1 aliphatic carbocycles. The van der Waals surface area contributed by atoms with E-state index in [2.05, 4.69) is 4.90 Å². The van der Waals surface area contributed by atoms with Gasteiger partial charge in [-0.2, -0.15) is 0 Å². The summed E-state index contributed by atoms with van der Waals surface area (Å²) in [6.07, 6.45) is 9.00. The fourth-order valence-corrected chi connectivity index (χ4v) is 4.12. The SMILES string of the molecule is CC(O)c1ccc(N2CCC3(CCCCC3)CC2)cc1O. The molecule has 1 aliphatic heterocycles. The number of aromatic hydroxyl groups is 1. The Morgan fingerprint density at radius 2 is 1.71 bits per heavy atom. The van der Waals surface area contributed by atoms with E-state index in [4.69, 9.17) is 0 Å². The number of piperidine rings is 1. The van der Waals surface area contributed by atoms with Crippen LogP contribution in [-0.4, -0.2) is 23.3 Å². The summed E-state index contributed by atoms with van der Waals surface area (Å²) < 4.78 is 0. The lowest BCUT2D eigenvalue weighted by Gasteiger charge is -2.45. The molecule has 0 radical (unpaired) electrons. The fourth-order valence-electron chi connectivity index (χ4n) is 4.12. The largest absolute Gasteiger partial charge is 0.507 e. The number of hydrogen-bond acceptors (Lipinski definition) is 3. The zero-order valence-electron chi connectivity index (χ0n) is 13.0. The van der Waals surface area contributed by atoms with E-state index < -0.39 is 6.10 Å². The van der Waals surface area contributed by atoms with E-state index in [9.17, 15) is 10.2 Å². The van der Waals surface area contributed by atoms with Crippen molar-refractivity contribution < 1.29 is 10.2 Å². The predicted molar refractivity (Wildman–Crippen MR) is 85.7 cm³/mol. The molecule has 1 atom stereocenters. The third kappa shape index (κ3) is 3.03. The van der Waals surface area contributed by atoms with Crippen LogP contribution in [0.1, 0.15) is 63.5 Å². The Morgan fingerprint density at radius 1 is 1.05 bits per heavy atom. The average molecular weight is 289 g/mol. The van der Waals surface area contributed by atoms with Gasteiger partial charge < -0.3 is 15.1 Å². The lowest BCUT2D eigenvalue weighted by molar-refractivity contribution is 0.144. The molecule has 0 aromatic heterocycles. The number of aliphatic hydroxyl groups excluding tert-OH is 1. The standard InChI is InChI=1S/C18H27NO2/c1-14(20)16-6-5-15(13-17(16)21)19-11-9-18(10-12-19)7-3-2-4-8-18/h5-6,13-14,20-21H,2-4,7-12H2,1H3. The van der Waals surface area contributed by atoms with Crippen LogP contribution in [0, 0.1) is 5.41 Å². The molecule has 2 aliphatic rings. The zero-order chi connectivity index (χ0) is 14.9. The molecule has 2 N–H and O–H groups in total. The van der Waals surface area contributed by atoms with Gasteiger partial charge in [-0.15, -0.1) is 0 Å². The second kappa shape index (κ2) is 5.88. The Labute approximate surface area is 127 Å². The summed E-state index contributed by atoms with van der Waals surface area (Å²) in [5.41, 5.74) is 2.30. The monoisotopic (exact) mass is 289 g/mol. The highest BCUT2D eigenvalue weighted by atomic mass is 16.3. The summed E-state index contributed by atoms with van der Waals surface area (Å²) >= 11 is 0. The molecule has 1 aromatic carbocycles.